The van der Waals surface area contributed by atoms with Crippen molar-refractivity contribution in [3.8, 4) is 57.1 Å². The Bertz CT molecular complexity index is 4570. The van der Waals surface area contributed by atoms with Crippen molar-refractivity contribution in [1.82, 2.24) is 42.5 Å². The van der Waals surface area contributed by atoms with Gasteiger partial charge in [0, 0.05) is 41.3 Å². The minimum absolute atomic E-state index is 0.0975. The Morgan fingerprint density at radius 2 is 1.29 bits per heavy atom. The van der Waals surface area contributed by atoms with Crippen LogP contribution in [0.5, 0.6) is 46.0 Å². The topological polar surface area (TPSA) is 569 Å². The number of hydrogen-bond acceptors (Lipinski definition) is 28. The number of aromatic hydroxyl groups is 3. The van der Waals surface area contributed by atoms with Gasteiger partial charge in [0.05, 0.1) is 41.3 Å². The molecular weight excluding hydrogens is 1640 g/mol. The fourth-order valence-electron chi connectivity index (χ4n) is 14.3. The normalized spacial score (nSPS) is 26.5. The third-order valence-electron chi connectivity index (χ3n) is 20.7. The van der Waals surface area contributed by atoms with Crippen molar-refractivity contribution in [3.05, 3.63) is 117 Å². The maximum atomic E-state index is 16.0. The summed E-state index contributed by atoms with van der Waals surface area (Å²) in [6.07, 6.45) is -13.7. The first kappa shape index (κ1) is 94.9. The van der Waals surface area contributed by atoms with Gasteiger partial charge in [-0.25, -0.2) is 9.59 Å². The number of phenols is 3. The molecule has 7 heterocycles. The number of aliphatic hydroxyl groups is 6. The molecule has 22 N–H and O–H groups in total. The van der Waals surface area contributed by atoms with Crippen LogP contribution in [-0.2, 0) is 62.1 Å². The first-order valence-electron chi connectivity index (χ1n) is 39.0. The number of aliphatic carboxylic acids is 1. The molecule has 11 bridgehead atoms. The SMILES string of the molecule is CCCCCCCCCCNCCOC(=O)C(F)(F)F.CN[C@H](CC(C)C)C(=O)N[C@H]1C(=O)N[C@@H](CC(N)=O)C(=O)N[C@H]2C(=O)N[C@H]3C(=O)N[C@H](C(=O)N[C@@H](C(=O)O)c4cc(O)cc(O)c4-c4cc3ccc4O)[C@H](O)c3ccc(c(Cl)c3)Oc3cc2cc(c3O[C@@H]2O[C@H](CO)[C@@H](O)[C@H](O)[C@H]2O[C@H]2C[C@](C)(N)C(O)[C@H](C)O2)Oc2ccc(cc2Cl)[C@H]1O. The average Bonchev–Trinajstić information content (AvgIpc) is 0.765. The number of alkyl halides is 3. The standard InChI is InChI=1S/C66H75Cl2N9O24.C14H26F3NO2/c1-23(2)12-34(71-5)58(88)76-49-51(83)26-7-10-38(32(67)14-26)97-40-16-28-17-41(55(40)101-65-56(54(86)53(85)42(22-78)99-65)100-44-21-66(4,70)57(87)24(3)96-44)98-39-11-8-27(15-33(39)68)52(84)50-63(93)75-48(64(94)95)31-18-29(79)19-37(81)45(31)30-13-25(6-9-36(30)80)46(60(90)77-50)74-61(91)47(28)73-59(89)35(20-43(69)82)72-62(49)92;1-2-3-4-5-6-7-8-9-10-18-11-12-20-13(19)14(15,16)17/h6-11,13-19,23-24,34-35,42,44,46-54,56-57,65,71,78-81,83-87H,12,20-22,70H2,1-5H3,(H2,69,82)(H,72,92)(H,73,89)(H,74,91)(H,75,93)(H,76,88)(H,77,90)(H,94,95);18H,2-12H2,1H3/t24-,34+,35-,42+,44-,46+,47+,48+,49+,50-,51+,52+,53+,54-,56+,57?,65-,66-;/m0./s1. The molecule has 7 aliphatic rings. The number of aliphatic hydroxyl groups excluding tert-OH is 6. The van der Waals surface area contributed by atoms with Gasteiger partial charge in [-0.2, -0.15) is 13.2 Å². The van der Waals surface area contributed by atoms with E-state index in [1.54, 1.807) is 0 Å². The highest BCUT2D eigenvalue weighted by atomic mass is 35.5. The number of nitrogens with two attached hydrogens (primary N) is 2. The van der Waals surface area contributed by atoms with E-state index in [2.05, 4.69) is 54.2 Å². The second-order valence-corrected chi connectivity index (χ2v) is 31.4. The molecule has 0 radical (unpaired) electrons. The van der Waals surface area contributed by atoms with Crippen LogP contribution < -0.4 is 68.2 Å². The zero-order chi connectivity index (χ0) is 88.8. The lowest BCUT2D eigenvalue weighted by Crippen LogP contribution is -2.64. The molecule has 0 spiro atoms. The fourth-order valence-corrected chi connectivity index (χ4v) is 14.8. The van der Waals surface area contributed by atoms with Crippen LogP contribution in [0.15, 0.2) is 78.9 Å². The largest absolute Gasteiger partial charge is 0.508 e. The molecular formula is C80H101Cl2F3N10O26. The lowest BCUT2D eigenvalue weighted by Gasteiger charge is -2.47. The summed E-state index contributed by atoms with van der Waals surface area (Å²) in [6.45, 7) is 8.62. The van der Waals surface area contributed by atoms with E-state index in [1.807, 2.05) is 13.8 Å². The minimum Gasteiger partial charge on any atom is -0.508 e. The number of carbonyl (C=O) groups excluding carboxylic acids is 8. The molecule has 2 fully saturated rings. The van der Waals surface area contributed by atoms with Gasteiger partial charge in [0.15, 0.2) is 29.9 Å². The van der Waals surface area contributed by atoms with Gasteiger partial charge in [-0.1, -0.05) is 107 Å². The number of likely N-dealkylation sites (N-methyl/N-ethyl adjacent to an activating group) is 1. The van der Waals surface area contributed by atoms with E-state index in [9.17, 15) is 93.0 Å². The number of fused-ring (bicyclic) bond motifs is 15. The number of phenolic OH excluding ortho intramolecular Hbond substituents is 3. The van der Waals surface area contributed by atoms with Crippen LogP contribution in [0.4, 0.5) is 13.2 Å². The highest BCUT2D eigenvalue weighted by Gasteiger charge is 2.52. The first-order valence-corrected chi connectivity index (χ1v) is 39.8. The molecule has 0 aliphatic carbocycles. The van der Waals surface area contributed by atoms with E-state index >= 15 is 14.4 Å². The molecule has 7 amide bonds. The minimum atomic E-state index is -4.89. The van der Waals surface area contributed by atoms with E-state index in [4.69, 9.17) is 63.1 Å². The lowest BCUT2D eigenvalue weighted by molar-refractivity contribution is -0.333. The smallest absolute Gasteiger partial charge is 0.490 e. The van der Waals surface area contributed by atoms with Gasteiger partial charge in [0.2, 0.25) is 53.4 Å². The molecule has 0 saturated carbocycles. The molecule has 12 rings (SSSR count). The summed E-state index contributed by atoms with van der Waals surface area (Å²) in [5.41, 5.74) is 8.00. The number of halogens is 5. The number of rotatable bonds is 25. The first-order chi connectivity index (χ1) is 57.1. The quantitative estimate of drug-likeness (QED) is 0.0291. The predicted octanol–water partition coefficient (Wildman–Crippen LogP) is 3.93. The van der Waals surface area contributed by atoms with Gasteiger partial charge in [-0.3, -0.25) is 33.6 Å². The number of unbranched alkanes of at least 4 members (excludes halogenated alkanes) is 7. The van der Waals surface area contributed by atoms with E-state index in [0.29, 0.717) is 0 Å². The molecule has 2 saturated heterocycles. The Balaban J connectivity index is 0.000000734. The number of benzene rings is 5. The molecule has 5 aromatic rings. The second kappa shape index (κ2) is 41.7. The van der Waals surface area contributed by atoms with Crippen molar-refractivity contribution in [2.45, 2.75) is 221 Å². The number of carboxylic acids is 1. The Labute approximate surface area is 701 Å². The van der Waals surface area contributed by atoms with Gasteiger partial charge < -0.3 is 138 Å². The van der Waals surface area contributed by atoms with Crippen molar-refractivity contribution < 1.29 is 141 Å². The van der Waals surface area contributed by atoms with E-state index < -0.39 is 249 Å². The number of primary amides is 1. The molecule has 18 atom stereocenters. The molecule has 36 nitrogen and oxygen atoms in total. The summed E-state index contributed by atoms with van der Waals surface area (Å²) in [6, 6.07) is -0.679. The van der Waals surface area contributed by atoms with Gasteiger partial charge in [0.25, 0.3) is 0 Å². The average molecular weight is 1750 g/mol. The summed E-state index contributed by atoms with van der Waals surface area (Å²) < 4.78 is 77.7. The maximum absolute atomic E-state index is 16.0. The summed E-state index contributed by atoms with van der Waals surface area (Å²) in [7, 11) is 1.47. The van der Waals surface area contributed by atoms with Crippen LogP contribution in [-0.4, -0.2) is 223 Å². The van der Waals surface area contributed by atoms with Gasteiger partial charge in [-0.05, 0) is 123 Å². The second-order valence-electron chi connectivity index (χ2n) is 30.6. The fraction of sp³-hybridized carbons (Fsp3) is 0.512. The van der Waals surface area contributed by atoms with Gasteiger partial charge in [-0.15, -0.1) is 0 Å². The highest BCUT2D eigenvalue weighted by Crippen LogP contribution is 2.50. The summed E-state index contributed by atoms with van der Waals surface area (Å²) in [4.78, 5) is 127. The lowest BCUT2D eigenvalue weighted by atomic mass is 9.86. The highest BCUT2D eigenvalue weighted by molar-refractivity contribution is 6.32. The Morgan fingerprint density at radius 1 is 0.694 bits per heavy atom. The van der Waals surface area contributed by atoms with Crippen molar-refractivity contribution >= 4 is 76.5 Å². The number of nitrogens with one attached hydrogen (secondary N) is 8. The van der Waals surface area contributed by atoms with E-state index in [1.165, 1.54) is 71.6 Å². The van der Waals surface area contributed by atoms with Crippen molar-refractivity contribution in [2.24, 2.45) is 17.4 Å². The van der Waals surface area contributed by atoms with Crippen LogP contribution >= 0.6 is 23.2 Å². The van der Waals surface area contributed by atoms with Crippen molar-refractivity contribution in [1.29, 1.82) is 0 Å². The molecule has 1 unspecified atom stereocenters. The number of esters is 1. The summed E-state index contributed by atoms with van der Waals surface area (Å²) >= 11 is 14.1. The van der Waals surface area contributed by atoms with Crippen LogP contribution in [0.2, 0.25) is 10.0 Å². The molecule has 0 aromatic heterocycles. The van der Waals surface area contributed by atoms with E-state index in [-0.39, 0.29) is 59.4 Å². The number of carboxylic acid groups (broad SMARTS) is 1. The Hall–Kier alpha value is -9.98. The number of hydrogen-bond donors (Lipinski definition) is 20. The number of carbonyl (C=O) groups is 9. The molecule has 7 aliphatic heterocycles. The number of amides is 7. The van der Waals surface area contributed by atoms with Crippen molar-refractivity contribution in [3.63, 3.8) is 0 Å². The molecule has 41 heteroatoms. The Morgan fingerprint density at radius 3 is 1.87 bits per heavy atom. The summed E-state index contributed by atoms with van der Waals surface area (Å²) in [5.74, 6) is -18.1. The summed E-state index contributed by atoms with van der Waals surface area (Å²) in [5, 5.41) is 133. The predicted molar refractivity (Wildman–Crippen MR) is 422 cm³/mol. The van der Waals surface area contributed by atoms with Crippen LogP contribution in [0.25, 0.3) is 11.1 Å². The zero-order valence-electron chi connectivity index (χ0n) is 66.6. The third-order valence-corrected chi connectivity index (χ3v) is 21.3. The molecule has 121 heavy (non-hydrogen) atoms. The van der Waals surface area contributed by atoms with Crippen LogP contribution in [0.1, 0.15) is 163 Å². The maximum Gasteiger partial charge on any atom is 0.490 e. The van der Waals surface area contributed by atoms with Crippen molar-refractivity contribution in [2.75, 3.05) is 33.4 Å². The molecule has 5 aromatic carbocycles. The molecule has 662 valence electrons. The Kier molecular flexibility index (Phi) is 32.7. The van der Waals surface area contributed by atoms with E-state index in [0.717, 1.165) is 86.1 Å². The number of ether oxygens (including phenoxy) is 7. The zero-order valence-corrected chi connectivity index (χ0v) is 68.1. The van der Waals surface area contributed by atoms with Crippen LogP contribution in [0, 0.1) is 5.92 Å². The van der Waals surface area contributed by atoms with Gasteiger partial charge >= 0.3 is 18.1 Å². The van der Waals surface area contributed by atoms with Crippen LogP contribution in [0.3, 0.4) is 0 Å². The third kappa shape index (κ3) is 23.8. The monoisotopic (exact) mass is 1740 g/mol. The van der Waals surface area contributed by atoms with Gasteiger partial charge in [0.1, 0.15) is 96.1 Å².